The standard InChI is InChI=1S/C9H14N2O/c1-2-3-4-9(12)8-7-10-5-6-11-8/h5-7,9,12H,2-4H2,1H3. The van der Waals surface area contributed by atoms with Crippen molar-refractivity contribution in [1.29, 1.82) is 0 Å². The zero-order chi connectivity index (χ0) is 8.81. The molecule has 3 heteroatoms. The van der Waals surface area contributed by atoms with Crippen LogP contribution in [0, 0.1) is 0 Å². The minimum atomic E-state index is -0.446. The average Bonchev–Trinajstić information content (AvgIpc) is 2.15. The van der Waals surface area contributed by atoms with Crippen LogP contribution in [0.25, 0.3) is 0 Å². The Morgan fingerprint density at radius 2 is 2.33 bits per heavy atom. The van der Waals surface area contributed by atoms with Gasteiger partial charge in [0, 0.05) is 12.4 Å². The quantitative estimate of drug-likeness (QED) is 0.740. The van der Waals surface area contributed by atoms with Crippen LogP contribution in [0.3, 0.4) is 0 Å². The Bertz CT molecular complexity index is 213. The highest BCUT2D eigenvalue weighted by Gasteiger charge is 2.06. The van der Waals surface area contributed by atoms with E-state index in [0.29, 0.717) is 5.69 Å². The summed E-state index contributed by atoms with van der Waals surface area (Å²) >= 11 is 0. The summed E-state index contributed by atoms with van der Waals surface area (Å²) in [6, 6.07) is 0. The number of aliphatic hydroxyl groups is 1. The largest absolute Gasteiger partial charge is 0.387 e. The molecule has 0 fully saturated rings. The van der Waals surface area contributed by atoms with Crippen LogP contribution in [0.5, 0.6) is 0 Å². The van der Waals surface area contributed by atoms with Gasteiger partial charge in [-0.3, -0.25) is 9.97 Å². The van der Waals surface area contributed by atoms with Gasteiger partial charge in [-0.2, -0.15) is 0 Å². The van der Waals surface area contributed by atoms with Crippen molar-refractivity contribution in [2.45, 2.75) is 32.3 Å². The van der Waals surface area contributed by atoms with E-state index >= 15 is 0 Å². The summed E-state index contributed by atoms with van der Waals surface area (Å²) in [5, 5.41) is 9.55. The van der Waals surface area contributed by atoms with Crippen molar-refractivity contribution in [1.82, 2.24) is 9.97 Å². The Labute approximate surface area is 72.5 Å². The van der Waals surface area contributed by atoms with Crippen LogP contribution in [0.2, 0.25) is 0 Å². The van der Waals surface area contributed by atoms with Crippen molar-refractivity contribution in [3.63, 3.8) is 0 Å². The zero-order valence-electron chi connectivity index (χ0n) is 7.27. The van der Waals surface area contributed by atoms with Crippen molar-refractivity contribution >= 4 is 0 Å². The first-order valence-corrected chi connectivity index (χ1v) is 4.28. The van der Waals surface area contributed by atoms with Gasteiger partial charge >= 0.3 is 0 Å². The number of nitrogens with zero attached hydrogens (tertiary/aromatic N) is 2. The first-order chi connectivity index (χ1) is 5.84. The van der Waals surface area contributed by atoms with E-state index in [1.54, 1.807) is 18.6 Å². The predicted molar refractivity (Wildman–Crippen MR) is 46.5 cm³/mol. The Kier molecular flexibility index (Phi) is 3.67. The minimum absolute atomic E-state index is 0.446. The molecule has 1 unspecified atom stereocenters. The molecule has 0 bridgehead atoms. The van der Waals surface area contributed by atoms with Crippen LogP contribution >= 0.6 is 0 Å². The highest BCUT2D eigenvalue weighted by Crippen LogP contribution is 2.14. The lowest BCUT2D eigenvalue weighted by molar-refractivity contribution is 0.159. The molecule has 1 heterocycles. The summed E-state index contributed by atoms with van der Waals surface area (Å²) in [6.07, 6.45) is 7.27. The molecule has 0 saturated heterocycles. The van der Waals surface area contributed by atoms with Gasteiger partial charge in [-0.15, -0.1) is 0 Å². The van der Waals surface area contributed by atoms with Crippen molar-refractivity contribution in [3.05, 3.63) is 24.3 Å². The number of aliphatic hydroxyl groups excluding tert-OH is 1. The van der Waals surface area contributed by atoms with Gasteiger partial charge in [0.2, 0.25) is 0 Å². The Morgan fingerprint density at radius 3 is 2.92 bits per heavy atom. The SMILES string of the molecule is CCCCC(O)c1cnccn1. The lowest BCUT2D eigenvalue weighted by Crippen LogP contribution is -2.00. The molecule has 0 saturated carbocycles. The fourth-order valence-corrected chi connectivity index (χ4v) is 1.03. The normalized spacial score (nSPS) is 12.8. The van der Waals surface area contributed by atoms with Crippen LogP contribution in [0.4, 0.5) is 0 Å². The van der Waals surface area contributed by atoms with Crippen molar-refractivity contribution in [2.24, 2.45) is 0 Å². The highest BCUT2D eigenvalue weighted by atomic mass is 16.3. The predicted octanol–water partition coefficient (Wildman–Crippen LogP) is 1.70. The summed E-state index contributed by atoms with van der Waals surface area (Å²) in [6.45, 7) is 2.10. The van der Waals surface area contributed by atoms with Gasteiger partial charge in [0.15, 0.2) is 0 Å². The maximum atomic E-state index is 9.55. The number of hydrogen-bond acceptors (Lipinski definition) is 3. The van der Waals surface area contributed by atoms with Crippen molar-refractivity contribution < 1.29 is 5.11 Å². The molecule has 66 valence electrons. The second-order valence-corrected chi connectivity index (χ2v) is 2.79. The van der Waals surface area contributed by atoms with Gasteiger partial charge in [0.05, 0.1) is 18.0 Å². The van der Waals surface area contributed by atoms with Gasteiger partial charge < -0.3 is 5.11 Å². The Balaban J connectivity index is 2.48. The lowest BCUT2D eigenvalue weighted by Gasteiger charge is -2.07. The first-order valence-electron chi connectivity index (χ1n) is 4.28. The van der Waals surface area contributed by atoms with Crippen LogP contribution < -0.4 is 0 Å². The molecule has 0 aliphatic rings. The molecule has 1 N–H and O–H groups in total. The van der Waals surface area contributed by atoms with E-state index in [4.69, 9.17) is 0 Å². The maximum absolute atomic E-state index is 9.55. The summed E-state index contributed by atoms with van der Waals surface area (Å²) in [5.41, 5.74) is 0.672. The Hall–Kier alpha value is -0.960. The topological polar surface area (TPSA) is 46.0 Å². The fourth-order valence-electron chi connectivity index (χ4n) is 1.03. The molecule has 12 heavy (non-hydrogen) atoms. The summed E-state index contributed by atoms with van der Waals surface area (Å²) < 4.78 is 0. The zero-order valence-corrected chi connectivity index (χ0v) is 7.27. The maximum Gasteiger partial charge on any atom is 0.0975 e. The molecule has 0 aliphatic heterocycles. The molecule has 3 nitrogen and oxygen atoms in total. The Morgan fingerprint density at radius 1 is 1.50 bits per heavy atom. The fraction of sp³-hybridized carbons (Fsp3) is 0.556. The first kappa shape index (κ1) is 9.13. The van der Waals surface area contributed by atoms with Gasteiger partial charge in [0.25, 0.3) is 0 Å². The summed E-state index contributed by atoms with van der Waals surface area (Å²) in [4.78, 5) is 7.91. The van der Waals surface area contributed by atoms with Crippen molar-refractivity contribution in [2.75, 3.05) is 0 Å². The molecule has 0 aliphatic carbocycles. The summed E-state index contributed by atoms with van der Waals surface area (Å²) in [7, 11) is 0. The van der Waals surface area contributed by atoms with Crippen LogP contribution in [-0.2, 0) is 0 Å². The van der Waals surface area contributed by atoms with E-state index in [0.717, 1.165) is 19.3 Å². The van der Waals surface area contributed by atoms with Gasteiger partial charge in [0.1, 0.15) is 0 Å². The number of hydrogen-bond donors (Lipinski definition) is 1. The lowest BCUT2D eigenvalue weighted by atomic mass is 10.1. The monoisotopic (exact) mass is 166 g/mol. The third-order valence-electron chi connectivity index (χ3n) is 1.76. The molecule has 1 atom stereocenters. The third kappa shape index (κ3) is 2.58. The number of unbranched alkanes of at least 4 members (excludes halogenated alkanes) is 1. The molecule has 1 rings (SSSR count). The van der Waals surface area contributed by atoms with E-state index < -0.39 is 6.10 Å². The van der Waals surface area contributed by atoms with E-state index in [-0.39, 0.29) is 0 Å². The van der Waals surface area contributed by atoms with E-state index in [1.165, 1.54) is 0 Å². The molecule has 1 aromatic rings. The molecular formula is C9H14N2O. The van der Waals surface area contributed by atoms with E-state index in [9.17, 15) is 5.11 Å². The van der Waals surface area contributed by atoms with E-state index in [2.05, 4.69) is 16.9 Å². The molecule has 0 spiro atoms. The second-order valence-electron chi connectivity index (χ2n) is 2.79. The summed E-state index contributed by atoms with van der Waals surface area (Å²) in [5.74, 6) is 0. The van der Waals surface area contributed by atoms with Crippen LogP contribution in [0.1, 0.15) is 38.0 Å². The third-order valence-corrected chi connectivity index (χ3v) is 1.76. The van der Waals surface area contributed by atoms with E-state index in [1.807, 2.05) is 0 Å². The number of rotatable bonds is 4. The van der Waals surface area contributed by atoms with Gasteiger partial charge in [-0.05, 0) is 6.42 Å². The highest BCUT2D eigenvalue weighted by molar-refractivity contribution is 4.98. The van der Waals surface area contributed by atoms with Gasteiger partial charge in [-0.1, -0.05) is 19.8 Å². The molecule has 0 radical (unpaired) electrons. The van der Waals surface area contributed by atoms with Crippen LogP contribution in [0.15, 0.2) is 18.6 Å². The molecule has 0 amide bonds. The average molecular weight is 166 g/mol. The van der Waals surface area contributed by atoms with Gasteiger partial charge in [-0.25, -0.2) is 0 Å². The van der Waals surface area contributed by atoms with Crippen LogP contribution in [-0.4, -0.2) is 15.1 Å². The second kappa shape index (κ2) is 4.83. The molecular weight excluding hydrogens is 152 g/mol. The molecule has 1 aromatic heterocycles. The minimum Gasteiger partial charge on any atom is -0.387 e. The van der Waals surface area contributed by atoms with Crippen molar-refractivity contribution in [3.8, 4) is 0 Å². The smallest absolute Gasteiger partial charge is 0.0975 e. The number of aromatic nitrogens is 2. The molecule has 0 aromatic carbocycles.